The van der Waals surface area contributed by atoms with Gasteiger partial charge in [0.15, 0.2) is 0 Å². The Kier molecular flexibility index (Phi) is 4.11. The zero-order valence-electron chi connectivity index (χ0n) is 10.8. The van der Waals surface area contributed by atoms with Crippen molar-refractivity contribution in [3.8, 4) is 0 Å². The molecule has 0 aliphatic carbocycles. The molecular weight excluding hydrogens is 198 g/mol. The topological polar surface area (TPSA) is 29.1 Å². The number of aryl methyl sites for hydroxylation is 3. The molecule has 0 spiro atoms. The molecule has 2 nitrogen and oxygen atoms in total. The van der Waals surface area contributed by atoms with Gasteiger partial charge in [-0.05, 0) is 38.3 Å². The number of benzene rings is 1. The lowest BCUT2D eigenvalue weighted by molar-refractivity contribution is -0.119. The number of nitrogens with one attached hydrogen (secondary N) is 1. The second-order valence-electron chi connectivity index (χ2n) is 4.57. The van der Waals surface area contributed by atoms with Gasteiger partial charge in [0.2, 0.25) is 5.91 Å². The largest absolute Gasteiger partial charge is 0.325 e. The van der Waals surface area contributed by atoms with Crippen LogP contribution in [0, 0.1) is 26.7 Å². The molecule has 0 heterocycles. The maximum absolute atomic E-state index is 11.8. The SMILES string of the molecule is CCC(C)C(=O)Nc1c(C)cc(C)cc1C. The fraction of sp³-hybridized carbons (Fsp3) is 0.500. The molecule has 0 saturated carbocycles. The zero-order chi connectivity index (χ0) is 12.3. The Bertz CT molecular complexity index is 373. The predicted molar refractivity (Wildman–Crippen MR) is 68.7 cm³/mol. The van der Waals surface area contributed by atoms with Crippen molar-refractivity contribution >= 4 is 11.6 Å². The van der Waals surface area contributed by atoms with Crippen LogP contribution in [0.2, 0.25) is 0 Å². The van der Waals surface area contributed by atoms with E-state index in [9.17, 15) is 4.79 Å². The van der Waals surface area contributed by atoms with Crippen molar-refractivity contribution in [2.24, 2.45) is 5.92 Å². The minimum atomic E-state index is 0.0695. The quantitative estimate of drug-likeness (QED) is 0.827. The average molecular weight is 219 g/mol. The monoisotopic (exact) mass is 219 g/mol. The number of amides is 1. The number of carbonyl (C=O) groups excluding carboxylic acids is 1. The van der Waals surface area contributed by atoms with Gasteiger partial charge in [-0.25, -0.2) is 0 Å². The van der Waals surface area contributed by atoms with Crippen molar-refractivity contribution in [3.05, 3.63) is 28.8 Å². The molecule has 1 N–H and O–H groups in total. The molecule has 0 bridgehead atoms. The average Bonchev–Trinajstić information content (AvgIpc) is 2.21. The van der Waals surface area contributed by atoms with Gasteiger partial charge in [-0.2, -0.15) is 0 Å². The van der Waals surface area contributed by atoms with Crippen LogP contribution in [0.25, 0.3) is 0 Å². The van der Waals surface area contributed by atoms with Crippen LogP contribution < -0.4 is 5.32 Å². The van der Waals surface area contributed by atoms with E-state index in [0.29, 0.717) is 0 Å². The Labute approximate surface area is 98.1 Å². The molecular formula is C14H21NO. The van der Waals surface area contributed by atoms with Crippen LogP contribution in [-0.2, 0) is 4.79 Å². The van der Waals surface area contributed by atoms with E-state index >= 15 is 0 Å². The minimum absolute atomic E-state index is 0.0695. The second kappa shape index (κ2) is 5.15. The van der Waals surface area contributed by atoms with E-state index in [2.05, 4.69) is 24.4 Å². The number of anilines is 1. The summed E-state index contributed by atoms with van der Waals surface area (Å²) in [7, 11) is 0. The number of carbonyl (C=O) groups is 1. The molecule has 88 valence electrons. The predicted octanol–water partition coefficient (Wildman–Crippen LogP) is 3.60. The molecule has 16 heavy (non-hydrogen) atoms. The summed E-state index contributed by atoms with van der Waals surface area (Å²) in [5.41, 5.74) is 4.47. The normalized spacial score (nSPS) is 12.3. The Morgan fingerprint density at radius 1 is 1.25 bits per heavy atom. The molecule has 1 aromatic rings. The van der Waals surface area contributed by atoms with E-state index < -0.39 is 0 Å². The molecule has 0 radical (unpaired) electrons. The fourth-order valence-electron chi connectivity index (χ4n) is 1.81. The maximum Gasteiger partial charge on any atom is 0.227 e. The van der Waals surface area contributed by atoms with E-state index in [0.717, 1.165) is 23.2 Å². The van der Waals surface area contributed by atoms with Gasteiger partial charge in [-0.3, -0.25) is 4.79 Å². The molecule has 1 aromatic carbocycles. The molecule has 0 aromatic heterocycles. The number of hydrogen-bond donors (Lipinski definition) is 1. The van der Waals surface area contributed by atoms with Gasteiger partial charge in [0.25, 0.3) is 0 Å². The van der Waals surface area contributed by atoms with Crippen molar-refractivity contribution in [2.75, 3.05) is 5.32 Å². The lowest BCUT2D eigenvalue weighted by atomic mass is 10.0. The van der Waals surface area contributed by atoms with Crippen LogP contribution >= 0.6 is 0 Å². The Hall–Kier alpha value is -1.31. The van der Waals surface area contributed by atoms with Crippen LogP contribution in [0.4, 0.5) is 5.69 Å². The fourth-order valence-corrected chi connectivity index (χ4v) is 1.81. The van der Waals surface area contributed by atoms with E-state index in [1.54, 1.807) is 0 Å². The van der Waals surface area contributed by atoms with Crippen LogP contribution in [0.3, 0.4) is 0 Å². The Morgan fingerprint density at radius 2 is 1.75 bits per heavy atom. The Morgan fingerprint density at radius 3 is 2.19 bits per heavy atom. The Balaban J connectivity index is 2.93. The van der Waals surface area contributed by atoms with Crippen LogP contribution in [-0.4, -0.2) is 5.91 Å². The first kappa shape index (κ1) is 12.8. The second-order valence-corrected chi connectivity index (χ2v) is 4.57. The van der Waals surface area contributed by atoms with Crippen LogP contribution in [0.5, 0.6) is 0 Å². The molecule has 0 fully saturated rings. The molecule has 1 unspecified atom stereocenters. The highest BCUT2D eigenvalue weighted by Gasteiger charge is 2.13. The van der Waals surface area contributed by atoms with Crippen molar-refractivity contribution in [1.29, 1.82) is 0 Å². The summed E-state index contributed by atoms with van der Waals surface area (Å²) in [4.78, 5) is 11.8. The highest BCUT2D eigenvalue weighted by atomic mass is 16.1. The summed E-state index contributed by atoms with van der Waals surface area (Å²) in [6.45, 7) is 10.1. The summed E-state index contributed by atoms with van der Waals surface area (Å²) in [6.07, 6.45) is 0.871. The summed E-state index contributed by atoms with van der Waals surface area (Å²) < 4.78 is 0. The molecule has 1 atom stereocenters. The standard InChI is InChI=1S/C14H21NO/c1-6-10(3)14(16)15-13-11(4)7-9(2)8-12(13)5/h7-8,10H,6H2,1-5H3,(H,15,16). The lowest BCUT2D eigenvalue weighted by Crippen LogP contribution is -2.20. The van der Waals surface area contributed by atoms with Gasteiger partial charge in [0.05, 0.1) is 0 Å². The van der Waals surface area contributed by atoms with E-state index in [4.69, 9.17) is 0 Å². The lowest BCUT2D eigenvalue weighted by Gasteiger charge is -2.15. The first-order valence-electron chi connectivity index (χ1n) is 5.84. The highest BCUT2D eigenvalue weighted by molar-refractivity contribution is 5.93. The first-order valence-corrected chi connectivity index (χ1v) is 5.84. The van der Waals surface area contributed by atoms with E-state index in [1.165, 1.54) is 5.56 Å². The van der Waals surface area contributed by atoms with Gasteiger partial charge in [-0.1, -0.05) is 31.5 Å². The van der Waals surface area contributed by atoms with Crippen molar-refractivity contribution < 1.29 is 4.79 Å². The number of rotatable bonds is 3. The molecule has 2 heteroatoms. The van der Waals surface area contributed by atoms with Gasteiger partial charge in [0.1, 0.15) is 0 Å². The van der Waals surface area contributed by atoms with E-state index in [-0.39, 0.29) is 11.8 Å². The molecule has 1 rings (SSSR count). The number of hydrogen-bond acceptors (Lipinski definition) is 1. The summed E-state index contributed by atoms with van der Waals surface area (Å²) >= 11 is 0. The third-order valence-electron chi connectivity index (χ3n) is 2.99. The van der Waals surface area contributed by atoms with Gasteiger partial charge < -0.3 is 5.32 Å². The summed E-state index contributed by atoms with van der Waals surface area (Å²) in [5, 5.41) is 3.02. The summed E-state index contributed by atoms with van der Waals surface area (Å²) in [6, 6.07) is 4.19. The van der Waals surface area contributed by atoms with Gasteiger partial charge in [0, 0.05) is 11.6 Å². The molecule has 0 aliphatic heterocycles. The minimum Gasteiger partial charge on any atom is -0.325 e. The zero-order valence-corrected chi connectivity index (χ0v) is 10.8. The molecule has 0 aliphatic rings. The first-order chi connectivity index (χ1) is 7.45. The van der Waals surface area contributed by atoms with Crippen molar-refractivity contribution in [1.82, 2.24) is 0 Å². The van der Waals surface area contributed by atoms with Crippen molar-refractivity contribution in [2.45, 2.75) is 41.0 Å². The van der Waals surface area contributed by atoms with Crippen LogP contribution in [0.1, 0.15) is 37.0 Å². The van der Waals surface area contributed by atoms with E-state index in [1.807, 2.05) is 27.7 Å². The van der Waals surface area contributed by atoms with Crippen LogP contribution in [0.15, 0.2) is 12.1 Å². The van der Waals surface area contributed by atoms with Gasteiger partial charge >= 0.3 is 0 Å². The maximum atomic E-state index is 11.8. The molecule has 0 saturated heterocycles. The third kappa shape index (κ3) is 2.84. The van der Waals surface area contributed by atoms with Gasteiger partial charge in [-0.15, -0.1) is 0 Å². The smallest absolute Gasteiger partial charge is 0.227 e. The van der Waals surface area contributed by atoms with Crippen molar-refractivity contribution in [3.63, 3.8) is 0 Å². The molecule has 1 amide bonds. The summed E-state index contributed by atoms with van der Waals surface area (Å²) in [5.74, 6) is 0.178. The third-order valence-corrected chi connectivity index (χ3v) is 2.99. The highest BCUT2D eigenvalue weighted by Crippen LogP contribution is 2.22.